The van der Waals surface area contributed by atoms with Gasteiger partial charge in [-0.2, -0.15) is 0 Å². The second-order valence-corrected chi connectivity index (χ2v) is 11.9. The molecular weight excluding hydrogens is 588 g/mol. The molecule has 4 nitrogen and oxygen atoms in total. The highest BCUT2D eigenvalue weighted by atomic mass is 16.2. The lowest BCUT2D eigenvalue weighted by atomic mass is 9.86. The number of hydrogen-bond acceptors (Lipinski definition) is 2. The maximum absolute atomic E-state index is 12.1. The highest BCUT2D eigenvalue weighted by molar-refractivity contribution is 6.11. The number of nitrogens with one attached hydrogen (secondary N) is 2. The lowest BCUT2D eigenvalue weighted by molar-refractivity contribution is -0.113. The number of rotatable bonds is 9. The van der Waals surface area contributed by atoms with Crippen molar-refractivity contribution in [2.24, 2.45) is 0 Å². The Balaban J connectivity index is 1.43. The molecule has 0 atom stereocenters. The molecule has 0 fully saturated rings. The fourth-order valence-electron chi connectivity index (χ4n) is 5.62. The van der Waals surface area contributed by atoms with Crippen LogP contribution in [-0.4, -0.2) is 11.8 Å². The molecule has 0 heterocycles. The Kier molecular flexibility index (Phi) is 9.26. The highest BCUT2D eigenvalue weighted by Crippen LogP contribution is 2.40. The standard InChI is InChI=1S/C44H36N2O2/c1-29(2)43(47)45-37-25-15-31(16-26-37)13-19-35-23-21-33-9-5-7-11-39(33)41(35)42-36(24-22-34-10-6-8-12-40(34)42)20-14-32-17-27-38(28-18-32)46-44(48)30(3)4/h5-28H,1,3H2,2,4H3,(H,45,47)(H,46,48)/b19-13+,20-14+. The predicted octanol–water partition coefficient (Wildman–Crippen LogP) is 11.0. The summed E-state index contributed by atoms with van der Waals surface area (Å²) in [5.74, 6) is -0.383. The summed E-state index contributed by atoms with van der Waals surface area (Å²) in [7, 11) is 0. The molecular formula is C44H36N2O2. The summed E-state index contributed by atoms with van der Waals surface area (Å²) in [6.45, 7) is 10.8. The van der Waals surface area contributed by atoms with Crippen LogP contribution in [0.3, 0.4) is 0 Å². The largest absolute Gasteiger partial charge is 0.322 e. The van der Waals surface area contributed by atoms with Gasteiger partial charge < -0.3 is 10.6 Å². The van der Waals surface area contributed by atoms with E-state index in [2.05, 4.69) is 121 Å². The summed E-state index contributed by atoms with van der Waals surface area (Å²) in [5.41, 5.74) is 8.92. The number of benzene rings is 6. The van der Waals surface area contributed by atoms with E-state index in [4.69, 9.17) is 0 Å². The van der Waals surface area contributed by atoms with E-state index >= 15 is 0 Å². The van der Waals surface area contributed by atoms with Gasteiger partial charge in [-0.05, 0) is 93.0 Å². The molecule has 4 heteroatoms. The quantitative estimate of drug-likeness (QED) is 0.124. The summed E-state index contributed by atoms with van der Waals surface area (Å²) >= 11 is 0. The Bertz CT molecular complexity index is 2090. The molecule has 0 unspecified atom stereocenters. The molecule has 0 aliphatic rings. The zero-order valence-electron chi connectivity index (χ0n) is 27.1. The van der Waals surface area contributed by atoms with Crippen LogP contribution in [0, 0.1) is 0 Å². The Labute approximate surface area is 281 Å². The van der Waals surface area contributed by atoms with Crippen LogP contribution in [-0.2, 0) is 9.59 Å². The van der Waals surface area contributed by atoms with E-state index in [1.54, 1.807) is 13.8 Å². The number of anilines is 2. The van der Waals surface area contributed by atoms with E-state index in [1.807, 2.05) is 48.5 Å². The van der Waals surface area contributed by atoms with Gasteiger partial charge in [-0.15, -0.1) is 0 Å². The van der Waals surface area contributed by atoms with Crippen molar-refractivity contribution in [1.82, 2.24) is 0 Å². The fraction of sp³-hybridized carbons (Fsp3) is 0.0455. The smallest absolute Gasteiger partial charge is 0.250 e. The minimum Gasteiger partial charge on any atom is -0.322 e. The maximum Gasteiger partial charge on any atom is 0.250 e. The van der Waals surface area contributed by atoms with Gasteiger partial charge in [0, 0.05) is 22.5 Å². The van der Waals surface area contributed by atoms with Crippen LogP contribution in [0.2, 0.25) is 0 Å². The lowest BCUT2D eigenvalue weighted by Crippen LogP contribution is -2.11. The van der Waals surface area contributed by atoms with Crippen molar-refractivity contribution in [3.63, 3.8) is 0 Å². The molecule has 6 rings (SSSR count). The Morgan fingerprint density at radius 2 is 0.854 bits per heavy atom. The summed E-state index contributed by atoms with van der Waals surface area (Å²) in [6, 6.07) is 41.3. The number of carbonyl (C=O) groups is 2. The molecule has 0 aromatic heterocycles. The van der Waals surface area contributed by atoms with Gasteiger partial charge in [0.25, 0.3) is 11.8 Å². The average Bonchev–Trinajstić information content (AvgIpc) is 3.10. The van der Waals surface area contributed by atoms with Gasteiger partial charge in [-0.3, -0.25) is 9.59 Å². The SMILES string of the molecule is C=C(C)C(=O)Nc1ccc(/C=C/c2ccc3ccccc3c2-c2c(/C=C/c3ccc(NC(=O)C(=C)C)cc3)ccc3ccccc23)cc1. The third kappa shape index (κ3) is 7.09. The minimum absolute atomic E-state index is 0.192. The Hall–Kier alpha value is -6.26. The molecule has 6 aromatic rings. The van der Waals surface area contributed by atoms with Gasteiger partial charge in [-0.25, -0.2) is 0 Å². The summed E-state index contributed by atoms with van der Waals surface area (Å²) < 4.78 is 0. The number of carbonyl (C=O) groups excluding carboxylic acids is 2. The van der Waals surface area contributed by atoms with Crippen molar-refractivity contribution in [2.75, 3.05) is 10.6 Å². The molecule has 2 amide bonds. The van der Waals surface area contributed by atoms with Gasteiger partial charge in [0.05, 0.1) is 0 Å². The van der Waals surface area contributed by atoms with Gasteiger partial charge in [0.1, 0.15) is 0 Å². The summed E-state index contributed by atoms with van der Waals surface area (Å²) in [6.07, 6.45) is 8.53. The van der Waals surface area contributed by atoms with Crippen LogP contribution < -0.4 is 10.6 Å². The van der Waals surface area contributed by atoms with Crippen LogP contribution in [0.5, 0.6) is 0 Å². The third-order valence-corrected chi connectivity index (χ3v) is 8.20. The lowest BCUT2D eigenvalue weighted by Gasteiger charge is -2.17. The molecule has 0 spiro atoms. The Morgan fingerprint density at radius 3 is 1.23 bits per heavy atom. The molecule has 234 valence electrons. The van der Waals surface area contributed by atoms with E-state index in [-0.39, 0.29) is 11.8 Å². The molecule has 0 radical (unpaired) electrons. The monoisotopic (exact) mass is 624 g/mol. The van der Waals surface area contributed by atoms with Crippen molar-refractivity contribution in [3.8, 4) is 11.1 Å². The van der Waals surface area contributed by atoms with Crippen molar-refractivity contribution >= 4 is 69.0 Å². The van der Waals surface area contributed by atoms with E-state index in [0.717, 1.165) is 55.5 Å². The second-order valence-electron chi connectivity index (χ2n) is 11.9. The van der Waals surface area contributed by atoms with E-state index in [0.29, 0.717) is 11.1 Å². The summed E-state index contributed by atoms with van der Waals surface area (Å²) in [5, 5.41) is 10.4. The topological polar surface area (TPSA) is 58.2 Å². The van der Waals surface area contributed by atoms with Crippen LogP contribution in [0.15, 0.2) is 146 Å². The Morgan fingerprint density at radius 1 is 0.479 bits per heavy atom. The molecule has 2 N–H and O–H groups in total. The van der Waals surface area contributed by atoms with E-state index < -0.39 is 0 Å². The zero-order chi connectivity index (χ0) is 33.6. The summed E-state index contributed by atoms with van der Waals surface area (Å²) in [4.78, 5) is 24.1. The first-order valence-corrected chi connectivity index (χ1v) is 15.8. The molecule has 48 heavy (non-hydrogen) atoms. The van der Waals surface area contributed by atoms with Crippen molar-refractivity contribution in [3.05, 3.63) is 168 Å². The van der Waals surface area contributed by atoms with Crippen LogP contribution in [0.1, 0.15) is 36.1 Å². The number of hydrogen-bond donors (Lipinski definition) is 2. The molecule has 0 bridgehead atoms. The van der Waals surface area contributed by atoms with Crippen LogP contribution >= 0.6 is 0 Å². The van der Waals surface area contributed by atoms with Crippen molar-refractivity contribution in [1.29, 1.82) is 0 Å². The van der Waals surface area contributed by atoms with Crippen LogP contribution in [0.25, 0.3) is 57.0 Å². The van der Waals surface area contributed by atoms with E-state index in [1.165, 1.54) is 10.8 Å². The maximum atomic E-state index is 12.1. The normalized spacial score (nSPS) is 11.3. The fourth-order valence-corrected chi connectivity index (χ4v) is 5.62. The number of amides is 2. The minimum atomic E-state index is -0.192. The molecule has 0 saturated carbocycles. The predicted molar refractivity (Wildman–Crippen MR) is 205 cm³/mol. The van der Waals surface area contributed by atoms with Gasteiger partial charge >= 0.3 is 0 Å². The average molecular weight is 625 g/mol. The third-order valence-electron chi connectivity index (χ3n) is 8.20. The zero-order valence-corrected chi connectivity index (χ0v) is 27.1. The number of fused-ring (bicyclic) bond motifs is 2. The first-order chi connectivity index (χ1) is 23.3. The van der Waals surface area contributed by atoms with Crippen LogP contribution in [0.4, 0.5) is 11.4 Å². The first kappa shape index (κ1) is 31.7. The molecule has 6 aromatic carbocycles. The molecule has 0 aliphatic heterocycles. The molecule has 0 saturated heterocycles. The van der Waals surface area contributed by atoms with Gasteiger partial charge in [0.15, 0.2) is 0 Å². The van der Waals surface area contributed by atoms with E-state index in [9.17, 15) is 9.59 Å². The van der Waals surface area contributed by atoms with Gasteiger partial charge in [0.2, 0.25) is 0 Å². The molecule has 0 aliphatic carbocycles. The van der Waals surface area contributed by atoms with Crippen molar-refractivity contribution < 1.29 is 9.59 Å². The van der Waals surface area contributed by atoms with Gasteiger partial charge in [-0.1, -0.05) is 135 Å². The van der Waals surface area contributed by atoms with Crippen molar-refractivity contribution in [2.45, 2.75) is 13.8 Å². The first-order valence-electron chi connectivity index (χ1n) is 15.8. The second kappa shape index (κ2) is 14.0. The highest BCUT2D eigenvalue weighted by Gasteiger charge is 2.15.